The fraction of sp³-hybridized carbons (Fsp3) is 0.176. The van der Waals surface area contributed by atoms with Crippen LogP contribution in [0.25, 0.3) is 0 Å². The number of hydrogen-bond acceptors (Lipinski definition) is 4. The molecule has 0 aromatic heterocycles. The largest absolute Gasteiger partial charge is 0.497 e. The molecule has 1 heterocycles. The van der Waals surface area contributed by atoms with Gasteiger partial charge in [-0.15, -0.1) is 0 Å². The van der Waals surface area contributed by atoms with Crippen molar-refractivity contribution in [2.75, 3.05) is 24.9 Å². The molecule has 6 heteroatoms. The first-order valence-corrected chi connectivity index (χ1v) is 7.07. The van der Waals surface area contributed by atoms with Crippen LogP contribution >= 0.6 is 0 Å². The van der Waals surface area contributed by atoms with Gasteiger partial charge in [0.2, 0.25) is 5.91 Å². The van der Waals surface area contributed by atoms with E-state index < -0.39 is 0 Å². The zero-order valence-electron chi connectivity index (χ0n) is 12.8. The number of anilines is 2. The van der Waals surface area contributed by atoms with Crippen molar-refractivity contribution in [2.45, 2.75) is 6.42 Å². The van der Waals surface area contributed by atoms with E-state index in [0.29, 0.717) is 29.2 Å². The highest BCUT2D eigenvalue weighted by Crippen LogP contribution is 2.30. The summed E-state index contributed by atoms with van der Waals surface area (Å²) in [5, 5.41) is 5.54. The summed E-state index contributed by atoms with van der Waals surface area (Å²) in [7, 11) is 3.09. The molecular formula is C17H16N2O4. The standard InChI is InChI=1S/C17H16N2O4/c1-22-12-4-6-15(23-2)14(9-12)19-17(21)10-3-5-13-11(7-10)8-16(20)18-13/h3-7,9H,8H2,1-2H3,(H,18,20)(H,19,21). The van der Waals surface area contributed by atoms with Crippen molar-refractivity contribution in [3.05, 3.63) is 47.5 Å². The Bertz CT molecular complexity index is 786. The molecule has 23 heavy (non-hydrogen) atoms. The fourth-order valence-corrected chi connectivity index (χ4v) is 2.48. The molecule has 0 unspecified atom stereocenters. The highest BCUT2D eigenvalue weighted by atomic mass is 16.5. The minimum atomic E-state index is -0.279. The maximum Gasteiger partial charge on any atom is 0.255 e. The van der Waals surface area contributed by atoms with Crippen LogP contribution in [0.3, 0.4) is 0 Å². The molecule has 1 aliphatic rings. The third-order valence-corrected chi connectivity index (χ3v) is 3.65. The number of carbonyl (C=O) groups is 2. The Morgan fingerprint density at radius 1 is 1.13 bits per heavy atom. The molecule has 0 saturated carbocycles. The lowest BCUT2D eigenvalue weighted by molar-refractivity contribution is -0.115. The van der Waals surface area contributed by atoms with E-state index in [0.717, 1.165) is 11.3 Å². The van der Waals surface area contributed by atoms with Crippen LogP contribution in [0.15, 0.2) is 36.4 Å². The van der Waals surface area contributed by atoms with Crippen molar-refractivity contribution in [2.24, 2.45) is 0 Å². The lowest BCUT2D eigenvalue weighted by Crippen LogP contribution is -2.13. The van der Waals surface area contributed by atoms with Crippen LogP contribution in [0.2, 0.25) is 0 Å². The predicted octanol–water partition coefficient (Wildman–Crippen LogP) is 2.45. The number of rotatable bonds is 4. The van der Waals surface area contributed by atoms with Crippen molar-refractivity contribution >= 4 is 23.2 Å². The second kappa shape index (κ2) is 6.00. The van der Waals surface area contributed by atoms with Gasteiger partial charge >= 0.3 is 0 Å². The van der Waals surface area contributed by atoms with E-state index >= 15 is 0 Å². The Morgan fingerprint density at radius 2 is 1.96 bits per heavy atom. The van der Waals surface area contributed by atoms with Gasteiger partial charge < -0.3 is 20.1 Å². The summed E-state index contributed by atoms with van der Waals surface area (Å²) < 4.78 is 10.4. The smallest absolute Gasteiger partial charge is 0.255 e. The van der Waals surface area contributed by atoms with E-state index in [1.165, 1.54) is 7.11 Å². The minimum Gasteiger partial charge on any atom is -0.497 e. The maximum atomic E-state index is 12.5. The Labute approximate surface area is 133 Å². The molecule has 1 aliphatic heterocycles. The number of carbonyl (C=O) groups excluding carboxylic acids is 2. The monoisotopic (exact) mass is 312 g/mol. The van der Waals surface area contributed by atoms with Gasteiger partial charge in [-0.1, -0.05) is 0 Å². The average Bonchev–Trinajstić information content (AvgIpc) is 2.93. The zero-order chi connectivity index (χ0) is 16.4. The molecule has 0 spiro atoms. The highest BCUT2D eigenvalue weighted by molar-refractivity contribution is 6.07. The van der Waals surface area contributed by atoms with Crippen LogP contribution in [-0.2, 0) is 11.2 Å². The van der Waals surface area contributed by atoms with Crippen molar-refractivity contribution < 1.29 is 19.1 Å². The molecule has 2 N–H and O–H groups in total. The Morgan fingerprint density at radius 3 is 2.70 bits per heavy atom. The van der Waals surface area contributed by atoms with Crippen molar-refractivity contribution in [1.82, 2.24) is 0 Å². The van der Waals surface area contributed by atoms with Gasteiger partial charge in [-0.3, -0.25) is 9.59 Å². The number of methoxy groups -OCH3 is 2. The molecule has 0 fully saturated rings. The van der Waals surface area contributed by atoms with E-state index in [2.05, 4.69) is 10.6 Å². The zero-order valence-corrected chi connectivity index (χ0v) is 12.8. The summed E-state index contributed by atoms with van der Waals surface area (Å²) in [6, 6.07) is 10.3. The third-order valence-electron chi connectivity index (χ3n) is 3.65. The topological polar surface area (TPSA) is 76.7 Å². The molecule has 0 bridgehead atoms. The van der Waals surface area contributed by atoms with Gasteiger partial charge in [-0.25, -0.2) is 0 Å². The summed E-state index contributed by atoms with van der Waals surface area (Å²) in [6.07, 6.45) is 0.291. The Hall–Kier alpha value is -3.02. The summed E-state index contributed by atoms with van der Waals surface area (Å²) in [5.41, 5.74) is 2.57. The van der Waals surface area contributed by atoms with E-state index in [4.69, 9.17) is 9.47 Å². The summed E-state index contributed by atoms with van der Waals surface area (Å²) in [6.45, 7) is 0. The number of hydrogen-bond donors (Lipinski definition) is 2. The summed E-state index contributed by atoms with van der Waals surface area (Å²) in [4.78, 5) is 23.8. The average molecular weight is 312 g/mol. The number of fused-ring (bicyclic) bond motifs is 1. The number of benzene rings is 2. The molecule has 2 aromatic rings. The minimum absolute atomic E-state index is 0.0629. The quantitative estimate of drug-likeness (QED) is 0.909. The van der Waals surface area contributed by atoms with Gasteiger partial charge in [-0.05, 0) is 35.9 Å². The predicted molar refractivity (Wildman–Crippen MR) is 86.3 cm³/mol. The molecule has 118 valence electrons. The van der Waals surface area contributed by atoms with Crippen LogP contribution in [0.4, 0.5) is 11.4 Å². The van der Waals surface area contributed by atoms with Crippen LogP contribution in [0.1, 0.15) is 15.9 Å². The van der Waals surface area contributed by atoms with Gasteiger partial charge in [0.15, 0.2) is 0 Å². The normalized spacial score (nSPS) is 12.3. The van der Waals surface area contributed by atoms with E-state index in [-0.39, 0.29) is 11.8 Å². The molecule has 6 nitrogen and oxygen atoms in total. The van der Waals surface area contributed by atoms with Gasteiger partial charge in [0.25, 0.3) is 5.91 Å². The van der Waals surface area contributed by atoms with Crippen LogP contribution in [-0.4, -0.2) is 26.0 Å². The SMILES string of the molecule is COc1ccc(OC)c(NC(=O)c2ccc3c(c2)CC(=O)N3)c1. The lowest BCUT2D eigenvalue weighted by Gasteiger charge is -2.12. The van der Waals surface area contributed by atoms with E-state index in [1.807, 2.05) is 0 Å². The highest BCUT2D eigenvalue weighted by Gasteiger charge is 2.19. The maximum absolute atomic E-state index is 12.5. The first kappa shape index (κ1) is 14.9. The lowest BCUT2D eigenvalue weighted by atomic mass is 10.1. The van der Waals surface area contributed by atoms with Crippen molar-refractivity contribution in [3.63, 3.8) is 0 Å². The number of ether oxygens (including phenoxy) is 2. The first-order chi connectivity index (χ1) is 11.1. The first-order valence-electron chi connectivity index (χ1n) is 7.07. The molecular weight excluding hydrogens is 296 g/mol. The summed E-state index contributed by atoms with van der Waals surface area (Å²) >= 11 is 0. The number of amides is 2. The van der Waals surface area contributed by atoms with Crippen molar-refractivity contribution in [1.29, 1.82) is 0 Å². The second-order valence-corrected chi connectivity index (χ2v) is 5.12. The van der Waals surface area contributed by atoms with Gasteiger partial charge in [0, 0.05) is 17.3 Å². The molecule has 2 amide bonds. The number of nitrogens with one attached hydrogen (secondary N) is 2. The van der Waals surface area contributed by atoms with Crippen LogP contribution in [0, 0.1) is 0 Å². The van der Waals surface area contributed by atoms with Gasteiger partial charge in [0.05, 0.1) is 26.3 Å². The van der Waals surface area contributed by atoms with Crippen LogP contribution in [0.5, 0.6) is 11.5 Å². The summed E-state index contributed by atoms with van der Waals surface area (Å²) in [5.74, 6) is 0.813. The molecule has 0 radical (unpaired) electrons. The van der Waals surface area contributed by atoms with E-state index in [1.54, 1.807) is 43.5 Å². The Balaban J connectivity index is 1.85. The second-order valence-electron chi connectivity index (χ2n) is 5.12. The molecule has 0 saturated heterocycles. The van der Waals surface area contributed by atoms with Gasteiger partial charge in [-0.2, -0.15) is 0 Å². The Kier molecular flexibility index (Phi) is 3.89. The molecule has 0 atom stereocenters. The molecule has 2 aromatic carbocycles. The third kappa shape index (κ3) is 2.96. The molecule has 3 rings (SSSR count). The molecule has 0 aliphatic carbocycles. The van der Waals surface area contributed by atoms with Crippen LogP contribution < -0.4 is 20.1 Å². The van der Waals surface area contributed by atoms with Gasteiger partial charge in [0.1, 0.15) is 11.5 Å². The van der Waals surface area contributed by atoms with E-state index in [9.17, 15) is 9.59 Å². The van der Waals surface area contributed by atoms with Crippen molar-refractivity contribution in [3.8, 4) is 11.5 Å². The fourth-order valence-electron chi connectivity index (χ4n) is 2.48.